The second-order valence-corrected chi connectivity index (χ2v) is 6.20. The molecular weight excluding hydrogens is 366 g/mol. The number of nitrogens with zero attached hydrogens (tertiary/aromatic N) is 2. The van der Waals surface area contributed by atoms with Gasteiger partial charge in [-0.25, -0.2) is 13.6 Å². The van der Waals surface area contributed by atoms with Crippen molar-refractivity contribution in [3.05, 3.63) is 70.8 Å². The van der Waals surface area contributed by atoms with Gasteiger partial charge < -0.3 is 9.64 Å². The zero-order chi connectivity index (χ0) is 20.8. The van der Waals surface area contributed by atoms with Crippen molar-refractivity contribution in [1.82, 2.24) is 0 Å². The largest absolute Gasteiger partial charge is 0.450 e. The summed E-state index contributed by atoms with van der Waals surface area (Å²) in [4.78, 5) is 26.4. The number of halogens is 2. The number of benzene rings is 2. The quantitative estimate of drug-likeness (QED) is 0.328. The second-order valence-electron chi connectivity index (χ2n) is 6.20. The summed E-state index contributed by atoms with van der Waals surface area (Å²) in [7, 11) is 3.77. The number of rotatable bonds is 6. The first kappa shape index (κ1) is 20.8. The summed E-state index contributed by atoms with van der Waals surface area (Å²) in [6.07, 6.45) is 0.0708. The van der Waals surface area contributed by atoms with E-state index in [0.717, 1.165) is 23.9 Å². The number of esters is 1. The van der Waals surface area contributed by atoms with Gasteiger partial charge in [-0.1, -0.05) is 12.1 Å². The molecule has 2 rings (SSSR count). The van der Waals surface area contributed by atoms with Crippen LogP contribution >= 0.6 is 0 Å². The van der Waals surface area contributed by atoms with Gasteiger partial charge >= 0.3 is 5.97 Å². The lowest BCUT2D eigenvalue weighted by Gasteiger charge is -2.13. The molecular formula is C21H18F2N2O3. The minimum atomic E-state index is -1.27. The lowest BCUT2D eigenvalue weighted by Crippen LogP contribution is -2.25. The molecule has 1 unspecified atom stereocenters. The van der Waals surface area contributed by atoms with Crippen molar-refractivity contribution in [2.75, 3.05) is 19.0 Å². The molecule has 0 amide bonds. The molecule has 0 saturated heterocycles. The Bertz CT molecular complexity index is 961. The van der Waals surface area contributed by atoms with Crippen LogP contribution in [0, 0.1) is 23.0 Å². The van der Waals surface area contributed by atoms with Crippen molar-refractivity contribution in [3.8, 4) is 6.07 Å². The maximum Gasteiger partial charge on any atom is 0.349 e. The first-order chi connectivity index (χ1) is 13.2. The molecule has 0 aliphatic carbocycles. The zero-order valence-corrected chi connectivity index (χ0v) is 15.6. The molecule has 0 radical (unpaired) electrons. The van der Waals surface area contributed by atoms with E-state index in [4.69, 9.17) is 4.74 Å². The topological polar surface area (TPSA) is 70.4 Å². The molecule has 2 aromatic rings. The number of nitriles is 1. The van der Waals surface area contributed by atoms with E-state index >= 15 is 0 Å². The Morgan fingerprint density at radius 3 is 2.29 bits per heavy atom. The van der Waals surface area contributed by atoms with Crippen LogP contribution in [0.15, 0.2) is 48.0 Å². The van der Waals surface area contributed by atoms with E-state index in [0.29, 0.717) is 5.56 Å². The number of ketones is 1. The molecule has 2 aromatic carbocycles. The second kappa shape index (κ2) is 8.91. The summed E-state index contributed by atoms with van der Waals surface area (Å²) >= 11 is 0. The van der Waals surface area contributed by atoms with Gasteiger partial charge in [0.05, 0.1) is 0 Å². The number of carbonyl (C=O) groups is 2. The number of carbonyl (C=O) groups excluding carboxylic acids is 2. The molecule has 0 spiro atoms. The molecule has 0 fully saturated rings. The van der Waals surface area contributed by atoms with Gasteiger partial charge in [0.25, 0.3) is 0 Å². The van der Waals surface area contributed by atoms with E-state index in [1.165, 1.54) is 13.0 Å². The summed E-state index contributed by atoms with van der Waals surface area (Å²) in [5, 5.41) is 9.23. The smallest absolute Gasteiger partial charge is 0.349 e. The third-order valence-electron chi connectivity index (χ3n) is 3.92. The average Bonchev–Trinajstić information content (AvgIpc) is 2.67. The highest BCUT2D eigenvalue weighted by atomic mass is 19.2. The number of hydrogen-bond donors (Lipinski definition) is 0. The fourth-order valence-corrected chi connectivity index (χ4v) is 2.33. The van der Waals surface area contributed by atoms with E-state index in [9.17, 15) is 23.6 Å². The minimum Gasteiger partial charge on any atom is -0.450 e. The Balaban J connectivity index is 2.13. The Labute approximate surface area is 161 Å². The predicted octanol–water partition coefficient (Wildman–Crippen LogP) is 3.75. The average molecular weight is 384 g/mol. The van der Waals surface area contributed by atoms with Crippen LogP contribution in [0.4, 0.5) is 14.5 Å². The molecule has 0 saturated carbocycles. The minimum absolute atomic E-state index is 0.138. The molecule has 0 aromatic heterocycles. The van der Waals surface area contributed by atoms with Gasteiger partial charge in [-0.15, -0.1) is 0 Å². The van der Waals surface area contributed by atoms with Crippen LogP contribution in [-0.2, 0) is 9.53 Å². The van der Waals surface area contributed by atoms with Crippen molar-refractivity contribution in [1.29, 1.82) is 5.26 Å². The number of hydrogen-bond acceptors (Lipinski definition) is 5. The van der Waals surface area contributed by atoms with E-state index in [2.05, 4.69) is 0 Å². The van der Waals surface area contributed by atoms with E-state index < -0.39 is 29.5 Å². The lowest BCUT2D eigenvalue weighted by molar-refractivity contribution is -0.141. The number of Topliss-reactive ketones (excluding diaryl/α,β-unsaturated/α-hetero) is 1. The van der Waals surface area contributed by atoms with Crippen LogP contribution < -0.4 is 4.90 Å². The highest BCUT2D eigenvalue weighted by Crippen LogP contribution is 2.16. The molecule has 1 atom stereocenters. The number of ether oxygens (including phenoxy) is 1. The van der Waals surface area contributed by atoms with E-state index in [-0.39, 0.29) is 11.1 Å². The van der Waals surface area contributed by atoms with Crippen molar-refractivity contribution < 1.29 is 23.1 Å². The van der Waals surface area contributed by atoms with E-state index in [1.807, 2.05) is 31.1 Å². The molecule has 0 aliphatic heterocycles. The van der Waals surface area contributed by atoms with Crippen molar-refractivity contribution >= 4 is 23.5 Å². The molecule has 0 heterocycles. The summed E-state index contributed by atoms with van der Waals surface area (Å²) in [5.74, 6) is -3.96. The molecule has 0 bridgehead atoms. The van der Waals surface area contributed by atoms with Crippen LogP contribution in [0.2, 0.25) is 0 Å². The van der Waals surface area contributed by atoms with Crippen LogP contribution in [0.1, 0.15) is 22.8 Å². The normalized spacial score (nSPS) is 12.1. The molecule has 5 nitrogen and oxygen atoms in total. The standard InChI is InChI=1S/C21H18F2N2O3/c1-13(20(26)15-6-9-18(22)19(23)11-15)28-21(27)16(12-24)10-14-4-7-17(8-5-14)25(2)3/h4-11,13H,1-3H3. The molecule has 7 heteroatoms. The van der Waals surface area contributed by atoms with Gasteiger partial charge in [0, 0.05) is 25.3 Å². The van der Waals surface area contributed by atoms with Gasteiger partial charge in [0.15, 0.2) is 17.7 Å². The fraction of sp³-hybridized carbons (Fsp3) is 0.190. The third kappa shape index (κ3) is 5.01. The van der Waals surface area contributed by atoms with Gasteiger partial charge in [-0.3, -0.25) is 4.79 Å². The summed E-state index contributed by atoms with van der Waals surface area (Å²) < 4.78 is 31.3. The summed E-state index contributed by atoms with van der Waals surface area (Å²) in [6, 6.07) is 11.5. The molecule has 28 heavy (non-hydrogen) atoms. The van der Waals surface area contributed by atoms with Crippen molar-refractivity contribution in [2.24, 2.45) is 0 Å². The van der Waals surface area contributed by atoms with Gasteiger partial charge in [0.1, 0.15) is 11.6 Å². The third-order valence-corrected chi connectivity index (χ3v) is 3.92. The number of anilines is 1. The Hall–Kier alpha value is -3.53. The van der Waals surface area contributed by atoms with Crippen LogP contribution in [0.3, 0.4) is 0 Å². The maximum absolute atomic E-state index is 13.3. The first-order valence-electron chi connectivity index (χ1n) is 8.32. The Morgan fingerprint density at radius 2 is 1.75 bits per heavy atom. The van der Waals surface area contributed by atoms with E-state index in [1.54, 1.807) is 18.2 Å². The van der Waals surface area contributed by atoms with Crippen LogP contribution in [0.25, 0.3) is 6.08 Å². The molecule has 144 valence electrons. The highest BCUT2D eigenvalue weighted by Gasteiger charge is 2.22. The lowest BCUT2D eigenvalue weighted by atomic mass is 10.1. The fourth-order valence-electron chi connectivity index (χ4n) is 2.33. The zero-order valence-electron chi connectivity index (χ0n) is 15.6. The molecule has 0 aliphatic rings. The molecule has 0 N–H and O–H groups in total. The monoisotopic (exact) mass is 384 g/mol. The highest BCUT2D eigenvalue weighted by molar-refractivity contribution is 6.03. The van der Waals surface area contributed by atoms with Crippen molar-refractivity contribution in [2.45, 2.75) is 13.0 Å². The summed E-state index contributed by atoms with van der Waals surface area (Å²) in [5.41, 5.74) is 1.13. The van der Waals surface area contributed by atoms with Gasteiger partial charge in [-0.2, -0.15) is 5.26 Å². The van der Waals surface area contributed by atoms with Crippen molar-refractivity contribution in [3.63, 3.8) is 0 Å². The van der Waals surface area contributed by atoms with Gasteiger partial charge in [-0.05, 0) is 48.9 Å². The predicted molar refractivity (Wildman–Crippen MR) is 101 cm³/mol. The van der Waals surface area contributed by atoms with Crippen LogP contribution in [0.5, 0.6) is 0 Å². The SMILES string of the molecule is CC(OC(=O)C(C#N)=Cc1ccc(N(C)C)cc1)C(=O)c1ccc(F)c(F)c1. The first-order valence-corrected chi connectivity index (χ1v) is 8.32. The van der Waals surface area contributed by atoms with Crippen LogP contribution in [-0.4, -0.2) is 32.0 Å². The summed E-state index contributed by atoms with van der Waals surface area (Å²) in [6.45, 7) is 1.29. The Kier molecular flexibility index (Phi) is 6.61. The Morgan fingerprint density at radius 1 is 1.11 bits per heavy atom. The maximum atomic E-state index is 13.3. The van der Waals surface area contributed by atoms with Gasteiger partial charge in [0.2, 0.25) is 5.78 Å².